The van der Waals surface area contributed by atoms with Gasteiger partial charge >= 0.3 is 5.97 Å². The first-order chi connectivity index (χ1) is 18.1. The molecule has 1 fully saturated rings. The van der Waals surface area contributed by atoms with Gasteiger partial charge in [-0.3, -0.25) is 30.2 Å². The molecular weight excluding hydrogens is 495 g/mol. The lowest BCUT2D eigenvalue weighted by molar-refractivity contribution is -0.130. The fourth-order valence-corrected chi connectivity index (χ4v) is 4.31. The third-order valence-electron chi connectivity index (χ3n) is 6.30. The van der Waals surface area contributed by atoms with Gasteiger partial charge in [-0.15, -0.1) is 0 Å². The van der Waals surface area contributed by atoms with Gasteiger partial charge in [0.05, 0.1) is 5.56 Å². The molecule has 198 valence electrons. The number of halogens is 1. The number of hydrazine groups is 1. The Morgan fingerprint density at radius 3 is 2.34 bits per heavy atom. The molecule has 0 atom stereocenters. The zero-order valence-corrected chi connectivity index (χ0v) is 20.9. The number of amides is 3. The number of esters is 1. The molecule has 1 saturated heterocycles. The van der Waals surface area contributed by atoms with E-state index in [4.69, 9.17) is 4.74 Å². The van der Waals surface area contributed by atoms with Crippen LogP contribution in [0.5, 0.6) is 5.75 Å². The summed E-state index contributed by atoms with van der Waals surface area (Å²) < 4.78 is 18.9. The van der Waals surface area contributed by atoms with Crippen molar-refractivity contribution in [3.05, 3.63) is 70.7 Å². The van der Waals surface area contributed by atoms with Crippen LogP contribution in [-0.4, -0.2) is 57.9 Å². The molecule has 2 aromatic carbocycles. The number of likely N-dealkylation sites (tertiary alicyclic amines) is 1. The fourth-order valence-electron chi connectivity index (χ4n) is 4.31. The first-order valence-electron chi connectivity index (χ1n) is 12.0. The Morgan fingerprint density at radius 1 is 1.03 bits per heavy atom. The van der Waals surface area contributed by atoms with Crippen molar-refractivity contribution in [3.8, 4) is 5.75 Å². The highest BCUT2D eigenvalue weighted by Crippen LogP contribution is 2.32. The molecule has 2 heterocycles. The summed E-state index contributed by atoms with van der Waals surface area (Å²) in [6.45, 7) is 3.59. The molecule has 1 aromatic heterocycles. The van der Waals surface area contributed by atoms with Gasteiger partial charge in [0.25, 0.3) is 5.91 Å². The molecule has 3 N–H and O–H groups in total. The average Bonchev–Trinajstić information content (AvgIpc) is 2.89. The lowest BCUT2D eigenvalue weighted by atomic mass is 9.98. The summed E-state index contributed by atoms with van der Waals surface area (Å²) in [4.78, 5) is 54.9. The van der Waals surface area contributed by atoms with Crippen molar-refractivity contribution < 1.29 is 33.4 Å². The van der Waals surface area contributed by atoms with Crippen molar-refractivity contribution in [3.63, 3.8) is 0 Å². The van der Waals surface area contributed by atoms with Crippen LogP contribution < -0.4 is 10.9 Å². The van der Waals surface area contributed by atoms with E-state index in [9.17, 15) is 28.7 Å². The van der Waals surface area contributed by atoms with Crippen molar-refractivity contribution in [2.75, 3.05) is 13.1 Å². The number of rotatable bonds is 5. The van der Waals surface area contributed by atoms with E-state index in [0.717, 1.165) is 5.56 Å². The molecule has 1 aliphatic heterocycles. The molecular formula is C27H27FN4O6. The van der Waals surface area contributed by atoms with Crippen molar-refractivity contribution in [1.29, 1.82) is 0 Å². The maximum Gasteiger partial charge on any atom is 0.342 e. The number of phenolic OH excluding ortho intramolecular Hbond substituents is 1. The molecule has 0 unspecified atom stereocenters. The number of nitrogens with one attached hydrogen (secondary N) is 2. The van der Waals surface area contributed by atoms with E-state index in [-0.39, 0.29) is 33.8 Å². The number of carbonyl (C=O) groups is 4. The minimum Gasteiger partial charge on any atom is -0.505 e. The van der Waals surface area contributed by atoms with Crippen molar-refractivity contribution >= 4 is 34.6 Å². The maximum atomic E-state index is 13.3. The van der Waals surface area contributed by atoms with Gasteiger partial charge in [0.1, 0.15) is 23.0 Å². The number of pyridine rings is 1. The van der Waals surface area contributed by atoms with E-state index < -0.39 is 29.6 Å². The van der Waals surface area contributed by atoms with E-state index in [1.165, 1.54) is 38.2 Å². The molecule has 10 nitrogen and oxygen atoms in total. The number of piperidine rings is 1. The topological polar surface area (TPSA) is 138 Å². The standard InChI is InChI=1S/C27H27FN4O6/c1-15(33)30-31-26(36)22-13-23(27(37)38-20-7-9-32(10-8-20)16(2)34)25(35)24-21(22)12-18(14-29-24)11-17-3-5-19(28)6-4-17/h3-6,12-14,20,35H,7-11H2,1-2H3,(H,30,33)(H,31,36). The van der Waals surface area contributed by atoms with E-state index in [1.54, 1.807) is 23.1 Å². The van der Waals surface area contributed by atoms with Crippen molar-refractivity contribution in [2.45, 2.75) is 39.2 Å². The molecule has 0 radical (unpaired) electrons. The fraction of sp³-hybridized carbons (Fsp3) is 0.296. The highest BCUT2D eigenvalue weighted by atomic mass is 19.1. The van der Waals surface area contributed by atoms with Crippen LogP contribution in [-0.2, 0) is 20.7 Å². The smallest absolute Gasteiger partial charge is 0.342 e. The minimum absolute atomic E-state index is 0.00156. The Kier molecular flexibility index (Phi) is 7.85. The number of hydrogen-bond donors (Lipinski definition) is 3. The number of fused-ring (bicyclic) bond motifs is 1. The first-order valence-corrected chi connectivity index (χ1v) is 12.0. The summed E-state index contributed by atoms with van der Waals surface area (Å²) in [6, 6.07) is 8.77. The summed E-state index contributed by atoms with van der Waals surface area (Å²) in [7, 11) is 0. The number of ether oxygens (including phenoxy) is 1. The Labute approximate surface area is 217 Å². The molecule has 4 rings (SSSR count). The van der Waals surface area contributed by atoms with E-state index in [1.807, 2.05) is 0 Å². The largest absolute Gasteiger partial charge is 0.505 e. The number of benzene rings is 2. The predicted molar refractivity (Wildman–Crippen MR) is 135 cm³/mol. The first kappa shape index (κ1) is 26.5. The maximum absolute atomic E-state index is 13.3. The molecule has 3 aromatic rings. The minimum atomic E-state index is -0.837. The Hall–Kier alpha value is -4.54. The summed E-state index contributed by atoms with van der Waals surface area (Å²) >= 11 is 0. The van der Waals surface area contributed by atoms with E-state index >= 15 is 0 Å². The summed E-state index contributed by atoms with van der Waals surface area (Å²) in [6.07, 6.45) is 2.30. The van der Waals surface area contributed by atoms with Gasteiger partial charge in [0.2, 0.25) is 11.8 Å². The number of aromatic hydroxyl groups is 1. The van der Waals surface area contributed by atoms with Crippen molar-refractivity contribution in [1.82, 2.24) is 20.7 Å². The van der Waals surface area contributed by atoms with Gasteiger partial charge in [0.15, 0.2) is 5.75 Å². The Balaban J connectivity index is 1.67. The van der Waals surface area contributed by atoms with Crippen LogP contribution in [0.2, 0.25) is 0 Å². The third kappa shape index (κ3) is 6.05. The summed E-state index contributed by atoms with van der Waals surface area (Å²) in [5, 5.41) is 11.2. The van der Waals surface area contributed by atoms with Crippen LogP contribution in [0.4, 0.5) is 4.39 Å². The summed E-state index contributed by atoms with van der Waals surface area (Å²) in [5.74, 6) is -2.94. The van der Waals surface area contributed by atoms with E-state index in [2.05, 4.69) is 15.8 Å². The molecule has 1 aliphatic rings. The second-order valence-corrected chi connectivity index (χ2v) is 9.11. The van der Waals surface area contributed by atoms with Gasteiger partial charge in [-0.1, -0.05) is 12.1 Å². The SMILES string of the molecule is CC(=O)NNC(=O)c1cc(C(=O)OC2CCN(C(C)=O)CC2)c(O)c2ncc(Cc3ccc(F)cc3)cc12. The lowest BCUT2D eigenvalue weighted by Gasteiger charge is -2.31. The predicted octanol–water partition coefficient (Wildman–Crippen LogP) is 2.62. The second kappa shape index (κ2) is 11.2. The number of hydrogen-bond acceptors (Lipinski definition) is 7. The van der Waals surface area contributed by atoms with Gasteiger partial charge in [-0.2, -0.15) is 0 Å². The molecule has 0 bridgehead atoms. The Morgan fingerprint density at radius 2 is 1.71 bits per heavy atom. The molecule has 0 aliphatic carbocycles. The van der Waals surface area contributed by atoms with Crippen molar-refractivity contribution in [2.24, 2.45) is 0 Å². The van der Waals surface area contributed by atoms with E-state index in [0.29, 0.717) is 37.9 Å². The van der Waals surface area contributed by atoms with Gasteiger partial charge in [0, 0.05) is 51.4 Å². The van der Waals surface area contributed by atoms with Crippen LogP contribution in [0.3, 0.4) is 0 Å². The number of nitrogens with zero attached hydrogens (tertiary/aromatic N) is 2. The number of aromatic nitrogens is 1. The number of carbonyl (C=O) groups excluding carboxylic acids is 4. The molecule has 0 saturated carbocycles. The van der Waals surface area contributed by atoms with Gasteiger partial charge in [-0.05, 0) is 41.8 Å². The highest BCUT2D eigenvalue weighted by molar-refractivity contribution is 6.12. The lowest BCUT2D eigenvalue weighted by Crippen LogP contribution is -2.40. The number of phenols is 1. The van der Waals surface area contributed by atoms with Crippen LogP contribution in [0.1, 0.15) is 58.5 Å². The van der Waals surface area contributed by atoms with Gasteiger partial charge < -0.3 is 14.7 Å². The van der Waals surface area contributed by atoms with Gasteiger partial charge in [-0.25, -0.2) is 9.18 Å². The normalized spacial score (nSPS) is 13.7. The van der Waals surface area contributed by atoms with Crippen LogP contribution in [0.25, 0.3) is 10.9 Å². The zero-order valence-electron chi connectivity index (χ0n) is 20.9. The third-order valence-corrected chi connectivity index (χ3v) is 6.30. The summed E-state index contributed by atoms with van der Waals surface area (Å²) in [5.41, 5.74) is 5.68. The van der Waals surface area contributed by atoms with Crippen LogP contribution in [0.15, 0.2) is 42.6 Å². The second-order valence-electron chi connectivity index (χ2n) is 9.11. The molecule has 3 amide bonds. The molecule has 11 heteroatoms. The average molecular weight is 523 g/mol. The zero-order chi connectivity index (χ0) is 27.4. The monoisotopic (exact) mass is 522 g/mol. The highest BCUT2D eigenvalue weighted by Gasteiger charge is 2.27. The molecule has 38 heavy (non-hydrogen) atoms. The quantitative estimate of drug-likeness (QED) is 0.346. The van der Waals surface area contributed by atoms with Crippen LogP contribution >= 0.6 is 0 Å². The van der Waals surface area contributed by atoms with Crippen LogP contribution in [0, 0.1) is 5.82 Å². The molecule has 0 spiro atoms. The Bertz CT molecular complexity index is 1400.